The van der Waals surface area contributed by atoms with Crippen LogP contribution in [0.25, 0.3) is 0 Å². The summed E-state index contributed by atoms with van der Waals surface area (Å²) in [5, 5.41) is 3.12. The zero-order valence-electron chi connectivity index (χ0n) is 11.5. The second-order valence-corrected chi connectivity index (χ2v) is 9.42. The molecule has 2 aliphatic heterocycles. The summed E-state index contributed by atoms with van der Waals surface area (Å²) in [6.07, 6.45) is 2.42. The van der Waals surface area contributed by atoms with E-state index in [0.717, 1.165) is 37.6 Å². The van der Waals surface area contributed by atoms with E-state index in [1.807, 2.05) is 0 Å². The molecule has 0 aromatic heterocycles. The van der Waals surface area contributed by atoms with Crippen molar-refractivity contribution in [3.63, 3.8) is 0 Å². The fraction of sp³-hybridized carbons (Fsp3) is 1.00. The molecule has 2 fully saturated rings. The Morgan fingerprint density at radius 2 is 2.11 bits per heavy atom. The fourth-order valence-corrected chi connectivity index (χ4v) is 6.01. The molecular formula is C12H24N2O2S2. The quantitative estimate of drug-likeness (QED) is 0.815. The largest absolute Gasteiger partial charge is 0.316 e. The summed E-state index contributed by atoms with van der Waals surface area (Å²) in [6.45, 7) is 7.35. The predicted molar refractivity (Wildman–Crippen MR) is 77.7 cm³/mol. The fourth-order valence-electron chi connectivity index (χ4n) is 3.09. The Bertz CT molecular complexity index is 395. The van der Waals surface area contributed by atoms with Crippen molar-refractivity contribution in [3.8, 4) is 0 Å². The van der Waals surface area contributed by atoms with E-state index in [1.165, 1.54) is 6.26 Å². The van der Waals surface area contributed by atoms with E-state index in [1.54, 1.807) is 11.8 Å². The van der Waals surface area contributed by atoms with E-state index in [-0.39, 0.29) is 10.8 Å². The Morgan fingerprint density at radius 1 is 1.39 bits per heavy atom. The molecule has 0 aromatic rings. The van der Waals surface area contributed by atoms with Crippen LogP contribution in [-0.4, -0.2) is 62.1 Å². The van der Waals surface area contributed by atoms with Gasteiger partial charge in [0.25, 0.3) is 0 Å². The summed E-state index contributed by atoms with van der Waals surface area (Å²) >= 11 is 1.76. The lowest BCUT2D eigenvalue weighted by Gasteiger charge is -2.49. The highest BCUT2D eigenvalue weighted by Crippen LogP contribution is 2.34. The lowest BCUT2D eigenvalue weighted by atomic mass is 9.79. The summed E-state index contributed by atoms with van der Waals surface area (Å²) < 4.78 is 24.0. The Morgan fingerprint density at radius 3 is 2.72 bits per heavy atom. The van der Waals surface area contributed by atoms with Gasteiger partial charge in [-0.2, -0.15) is 11.8 Å². The van der Waals surface area contributed by atoms with Crippen molar-refractivity contribution < 1.29 is 8.42 Å². The zero-order valence-corrected chi connectivity index (χ0v) is 13.1. The van der Waals surface area contributed by atoms with Crippen LogP contribution in [0.1, 0.15) is 20.3 Å². The monoisotopic (exact) mass is 292 g/mol. The van der Waals surface area contributed by atoms with Gasteiger partial charge in [0, 0.05) is 36.9 Å². The molecule has 6 heteroatoms. The van der Waals surface area contributed by atoms with Crippen LogP contribution in [0.15, 0.2) is 0 Å². The molecule has 0 aliphatic carbocycles. The number of rotatable bonds is 2. The highest BCUT2D eigenvalue weighted by Gasteiger charge is 2.42. The predicted octanol–water partition coefficient (Wildman–Crippen LogP) is 0.794. The zero-order chi connectivity index (χ0) is 13.4. The van der Waals surface area contributed by atoms with E-state index < -0.39 is 9.84 Å². The number of piperidine rings is 1. The van der Waals surface area contributed by atoms with Crippen molar-refractivity contribution in [2.75, 3.05) is 37.4 Å². The van der Waals surface area contributed by atoms with Crippen molar-refractivity contribution in [1.82, 2.24) is 10.2 Å². The molecule has 2 rings (SSSR count). The molecular weight excluding hydrogens is 268 g/mol. The van der Waals surface area contributed by atoms with E-state index in [4.69, 9.17) is 0 Å². The van der Waals surface area contributed by atoms with Gasteiger partial charge in [0.2, 0.25) is 0 Å². The first-order valence-corrected chi connectivity index (χ1v) is 9.66. The maximum absolute atomic E-state index is 12.0. The molecule has 4 nitrogen and oxygen atoms in total. The van der Waals surface area contributed by atoms with Crippen molar-refractivity contribution in [2.24, 2.45) is 5.41 Å². The Balaban J connectivity index is 2.23. The van der Waals surface area contributed by atoms with E-state index >= 15 is 0 Å². The minimum atomic E-state index is -2.99. The van der Waals surface area contributed by atoms with Crippen LogP contribution in [0.5, 0.6) is 0 Å². The maximum Gasteiger partial charge on any atom is 0.164 e. The summed E-state index contributed by atoms with van der Waals surface area (Å²) in [7, 11) is -2.99. The minimum absolute atomic E-state index is 0.142. The first-order chi connectivity index (χ1) is 8.32. The number of nitrogens with one attached hydrogen (secondary N) is 1. The van der Waals surface area contributed by atoms with Gasteiger partial charge in [0.05, 0.1) is 0 Å². The van der Waals surface area contributed by atoms with Crippen LogP contribution in [0, 0.1) is 5.41 Å². The Hall–Kier alpha value is 0.220. The standard InChI is InChI=1S/C12H24N2O2S2/c1-12(2)9-13-5-4-10(12)14-6-7-17-8-11(14)18(3,15)16/h10-11,13H,4-9H2,1-3H3. The average Bonchev–Trinajstić information content (AvgIpc) is 2.27. The molecule has 0 amide bonds. The summed E-state index contributed by atoms with van der Waals surface area (Å²) in [6, 6.07) is 0.374. The highest BCUT2D eigenvalue weighted by atomic mass is 32.2. The van der Waals surface area contributed by atoms with Crippen LogP contribution in [-0.2, 0) is 9.84 Å². The van der Waals surface area contributed by atoms with Gasteiger partial charge in [-0.05, 0) is 18.4 Å². The van der Waals surface area contributed by atoms with Crippen molar-refractivity contribution in [1.29, 1.82) is 0 Å². The molecule has 2 unspecified atom stereocenters. The molecule has 0 radical (unpaired) electrons. The van der Waals surface area contributed by atoms with Crippen LogP contribution in [0.4, 0.5) is 0 Å². The van der Waals surface area contributed by atoms with Gasteiger partial charge in [-0.25, -0.2) is 8.42 Å². The number of thioether (sulfide) groups is 1. The number of hydrogen-bond donors (Lipinski definition) is 1. The molecule has 0 spiro atoms. The SMILES string of the molecule is CC1(C)CNCCC1N1CCSCC1S(C)(=O)=O. The van der Waals surface area contributed by atoms with Gasteiger partial charge in [-0.1, -0.05) is 13.8 Å². The first-order valence-electron chi connectivity index (χ1n) is 6.55. The molecule has 106 valence electrons. The maximum atomic E-state index is 12.0. The molecule has 1 N–H and O–H groups in total. The van der Waals surface area contributed by atoms with Crippen LogP contribution < -0.4 is 5.32 Å². The molecule has 0 aromatic carbocycles. The second-order valence-electron chi connectivity index (χ2n) is 6.07. The van der Waals surface area contributed by atoms with Gasteiger partial charge in [0.15, 0.2) is 9.84 Å². The van der Waals surface area contributed by atoms with Gasteiger partial charge in [-0.15, -0.1) is 0 Å². The van der Waals surface area contributed by atoms with Gasteiger partial charge in [-0.3, -0.25) is 4.90 Å². The van der Waals surface area contributed by atoms with Gasteiger partial charge < -0.3 is 5.32 Å². The van der Waals surface area contributed by atoms with Crippen molar-refractivity contribution >= 4 is 21.6 Å². The van der Waals surface area contributed by atoms with Crippen molar-refractivity contribution in [3.05, 3.63) is 0 Å². The topological polar surface area (TPSA) is 49.4 Å². The third-order valence-electron chi connectivity index (χ3n) is 4.10. The van der Waals surface area contributed by atoms with Gasteiger partial charge in [0.1, 0.15) is 5.37 Å². The lowest BCUT2D eigenvalue weighted by Crippen LogP contribution is -2.60. The normalized spacial score (nSPS) is 34.4. The van der Waals surface area contributed by atoms with E-state index in [0.29, 0.717) is 6.04 Å². The second kappa shape index (κ2) is 5.31. The average molecular weight is 292 g/mol. The van der Waals surface area contributed by atoms with Gasteiger partial charge >= 0.3 is 0 Å². The third-order valence-corrected chi connectivity index (χ3v) is 6.76. The van der Waals surface area contributed by atoms with E-state index in [2.05, 4.69) is 24.1 Å². The number of sulfone groups is 1. The van der Waals surface area contributed by atoms with E-state index in [9.17, 15) is 8.42 Å². The smallest absolute Gasteiger partial charge is 0.164 e. The molecule has 2 atom stereocenters. The summed E-state index contributed by atoms with van der Waals surface area (Å²) in [4.78, 5) is 2.26. The highest BCUT2D eigenvalue weighted by molar-refractivity contribution is 8.00. The molecule has 0 bridgehead atoms. The minimum Gasteiger partial charge on any atom is -0.316 e. The Kier molecular flexibility index (Phi) is 4.31. The lowest BCUT2D eigenvalue weighted by molar-refractivity contribution is 0.0565. The van der Waals surface area contributed by atoms with Crippen LogP contribution in [0.3, 0.4) is 0 Å². The third kappa shape index (κ3) is 3.03. The molecule has 2 saturated heterocycles. The summed E-state index contributed by atoms with van der Waals surface area (Å²) in [5.74, 6) is 1.77. The van der Waals surface area contributed by atoms with Crippen LogP contribution >= 0.6 is 11.8 Å². The molecule has 2 aliphatic rings. The summed E-state index contributed by atoms with van der Waals surface area (Å²) in [5.41, 5.74) is 0.142. The number of hydrogen-bond acceptors (Lipinski definition) is 5. The number of nitrogens with zero attached hydrogens (tertiary/aromatic N) is 1. The van der Waals surface area contributed by atoms with Crippen molar-refractivity contribution in [2.45, 2.75) is 31.7 Å². The molecule has 2 heterocycles. The van der Waals surface area contributed by atoms with Crippen LogP contribution in [0.2, 0.25) is 0 Å². The Labute approximate surface area is 115 Å². The first kappa shape index (κ1) is 14.6. The molecule has 18 heavy (non-hydrogen) atoms. The molecule has 0 saturated carbocycles.